The molecule has 0 aliphatic rings. The third kappa shape index (κ3) is 1.80. The van der Waals surface area contributed by atoms with E-state index in [9.17, 15) is 0 Å². The third-order valence-corrected chi connectivity index (χ3v) is 2.92. The summed E-state index contributed by atoms with van der Waals surface area (Å²) in [5, 5.41) is 2.65. The molecule has 72 valence electrons. The minimum Gasteiger partial charge on any atom is -0.326 e. The molecule has 1 heterocycles. The maximum atomic E-state index is 6.04. The average molecular weight is 225 g/mol. The van der Waals surface area contributed by atoms with Gasteiger partial charge in [0.15, 0.2) is 0 Å². The molecule has 0 saturated carbocycles. The van der Waals surface area contributed by atoms with E-state index >= 15 is 0 Å². The molecule has 0 spiro atoms. The first-order valence-electron chi connectivity index (χ1n) is 4.20. The molecule has 2 rings (SSSR count). The Kier molecular flexibility index (Phi) is 2.82. The van der Waals surface area contributed by atoms with Crippen LogP contribution in [0.25, 0.3) is 11.3 Å². The van der Waals surface area contributed by atoms with E-state index in [2.05, 4.69) is 4.37 Å². The zero-order valence-corrected chi connectivity index (χ0v) is 8.98. The summed E-state index contributed by atoms with van der Waals surface area (Å²) < 4.78 is 4.23. The molecule has 0 aliphatic carbocycles. The highest BCUT2D eigenvalue weighted by Gasteiger charge is 2.03. The van der Waals surface area contributed by atoms with Crippen LogP contribution in [0.4, 0.5) is 0 Å². The van der Waals surface area contributed by atoms with Crippen molar-refractivity contribution in [1.82, 2.24) is 4.37 Å². The Balaban J connectivity index is 2.43. The van der Waals surface area contributed by atoms with Crippen LogP contribution in [0.2, 0.25) is 5.02 Å². The number of nitrogens with two attached hydrogens (primary N) is 1. The van der Waals surface area contributed by atoms with Crippen LogP contribution in [0.5, 0.6) is 0 Å². The van der Waals surface area contributed by atoms with E-state index in [-0.39, 0.29) is 0 Å². The summed E-state index contributed by atoms with van der Waals surface area (Å²) in [6.07, 6.45) is 0. The molecule has 0 radical (unpaired) electrons. The minimum atomic E-state index is 0.468. The summed E-state index contributed by atoms with van der Waals surface area (Å²) in [6.45, 7) is 0.468. The molecule has 2 nitrogen and oxygen atoms in total. The number of rotatable bonds is 2. The van der Waals surface area contributed by atoms with Crippen molar-refractivity contribution in [3.63, 3.8) is 0 Å². The van der Waals surface area contributed by atoms with Gasteiger partial charge >= 0.3 is 0 Å². The Morgan fingerprint density at radius 2 is 2.21 bits per heavy atom. The van der Waals surface area contributed by atoms with Crippen molar-refractivity contribution < 1.29 is 0 Å². The van der Waals surface area contributed by atoms with Crippen LogP contribution < -0.4 is 5.73 Å². The Morgan fingerprint density at radius 3 is 2.79 bits per heavy atom. The van der Waals surface area contributed by atoms with Gasteiger partial charge in [-0.2, -0.15) is 4.37 Å². The standard InChI is InChI=1S/C10H9ClN2S/c11-9-5-7(1-2-8(9)6-12)10-3-4-14-13-10/h1-5H,6,12H2. The second-order valence-electron chi connectivity index (χ2n) is 2.89. The van der Waals surface area contributed by atoms with Gasteiger partial charge in [0.1, 0.15) is 0 Å². The van der Waals surface area contributed by atoms with Crippen LogP contribution in [-0.4, -0.2) is 4.37 Å². The first-order chi connectivity index (χ1) is 6.81. The molecule has 1 aromatic heterocycles. The van der Waals surface area contributed by atoms with Gasteiger partial charge in [-0.25, -0.2) is 0 Å². The van der Waals surface area contributed by atoms with E-state index < -0.39 is 0 Å². The molecule has 2 aromatic rings. The Hall–Kier alpha value is -0.900. The predicted octanol–water partition coefficient (Wildman–Crippen LogP) is 2.92. The Bertz CT molecular complexity index is 426. The third-order valence-electron chi connectivity index (χ3n) is 2.01. The van der Waals surface area contributed by atoms with Crippen LogP contribution in [0.3, 0.4) is 0 Å². The molecule has 0 bridgehead atoms. The number of benzene rings is 1. The number of aromatic nitrogens is 1. The lowest BCUT2D eigenvalue weighted by Gasteiger charge is -2.02. The van der Waals surface area contributed by atoms with Crippen molar-refractivity contribution >= 4 is 23.1 Å². The first kappa shape index (κ1) is 9.65. The average Bonchev–Trinajstić information content (AvgIpc) is 2.70. The SMILES string of the molecule is NCc1ccc(-c2ccsn2)cc1Cl. The summed E-state index contributed by atoms with van der Waals surface area (Å²) in [5.41, 5.74) is 8.48. The quantitative estimate of drug-likeness (QED) is 0.852. The first-order valence-corrected chi connectivity index (χ1v) is 5.42. The van der Waals surface area contributed by atoms with Crippen LogP contribution in [0.1, 0.15) is 5.56 Å². The minimum absolute atomic E-state index is 0.468. The molecule has 4 heteroatoms. The van der Waals surface area contributed by atoms with E-state index in [1.54, 1.807) is 0 Å². The molecule has 14 heavy (non-hydrogen) atoms. The van der Waals surface area contributed by atoms with Crippen LogP contribution in [0.15, 0.2) is 29.6 Å². The molecule has 0 atom stereocenters. The zero-order chi connectivity index (χ0) is 9.97. The molecule has 0 fully saturated rings. The molecule has 0 amide bonds. The smallest absolute Gasteiger partial charge is 0.0841 e. The zero-order valence-electron chi connectivity index (χ0n) is 7.40. The van der Waals surface area contributed by atoms with Crippen molar-refractivity contribution in [1.29, 1.82) is 0 Å². The molecule has 0 saturated heterocycles. The van der Waals surface area contributed by atoms with Gasteiger partial charge in [-0.1, -0.05) is 23.7 Å². The van der Waals surface area contributed by atoms with E-state index in [1.807, 2.05) is 29.6 Å². The summed E-state index contributed by atoms with van der Waals surface area (Å²) in [7, 11) is 0. The van der Waals surface area contributed by atoms with Crippen molar-refractivity contribution in [3.05, 3.63) is 40.2 Å². The monoisotopic (exact) mass is 224 g/mol. The van der Waals surface area contributed by atoms with E-state index in [0.717, 1.165) is 16.8 Å². The van der Waals surface area contributed by atoms with Gasteiger partial charge in [0.2, 0.25) is 0 Å². The summed E-state index contributed by atoms with van der Waals surface area (Å²) in [4.78, 5) is 0. The summed E-state index contributed by atoms with van der Waals surface area (Å²) in [6, 6.07) is 7.80. The van der Waals surface area contributed by atoms with Gasteiger partial charge in [0.25, 0.3) is 0 Å². The van der Waals surface area contributed by atoms with Gasteiger partial charge in [0, 0.05) is 22.5 Å². The van der Waals surface area contributed by atoms with Crippen LogP contribution in [-0.2, 0) is 6.54 Å². The molecule has 2 N–H and O–H groups in total. The van der Waals surface area contributed by atoms with Gasteiger partial charge in [0.05, 0.1) is 5.69 Å². The molecular formula is C10H9ClN2S. The number of nitrogens with zero attached hydrogens (tertiary/aromatic N) is 1. The van der Waals surface area contributed by atoms with Crippen molar-refractivity contribution in [2.45, 2.75) is 6.54 Å². The van der Waals surface area contributed by atoms with Crippen molar-refractivity contribution in [2.75, 3.05) is 0 Å². The van der Waals surface area contributed by atoms with Crippen molar-refractivity contribution in [2.24, 2.45) is 5.73 Å². The maximum Gasteiger partial charge on any atom is 0.0841 e. The van der Waals surface area contributed by atoms with Crippen molar-refractivity contribution in [3.8, 4) is 11.3 Å². The Labute approximate surface area is 91.5 Å². The van der Waals surface area contributed by atoms with E-state index in [0.29, 0.717) is 11.6 Å². The lowest BCUT2D eigenvalue weighted by molar-refractivity contribution is 1.07. The predicted molar refractivity (Wildman–Crippen MR) is 60.5 cm³/mol. The largest absolute Gasteiger partial charge is 0.326 e. The second kappa shape index (κ2) is 4.09. The highest BCUT2D eigenvalue weighted by molar-refractivity contribution is 7.03. The molecule has 0 unspecified atom stereocenters. The number of halogens is 1. The van der Waals surface area contributed by atoms with Gasteiger partial charge in [-0.3, -0.25) is 0 Å². The normalized spacial score (nSPS) is 10.4. The molecule has 1 aromatic carbocycles. The topological polar surface area (TPSA) is 38.9 Å². The number of hydrogen-bond acceptors (Lipinski definition) is 3. The highest BCUT2D eigenvalue weighted by atomic mass is 35.5. The fourth-order valence-corrected chi connectivity index (χ4v) is 2.02. The molecule has 0 aliphatic heterocycles. The summed E-state index contributed by atoms with van der Waals surface area (Å²) in [5.74, 6) is 0. The van der Waals surface area contributed by atoms with E-state index in [4.69, 9.17) is 17.3 Å². The fourth-order valence-electron chi connectivity index (χ4n) is 1.23. The van der Waals surface area contributed by atoms with Crippen LogP contribution in [0, 0.1) is 0 Å². The fraction of sp³-hybridized carbons (Fsp3) is 0.100. The lowest BCUT2D eigenvalue weighted by atomic mass is 10.1. The van der Waals surface area contributed by atoms with Gasteiger partial charge in [-0.15, -0.1) is 0 Å². The highest BCUT2D eigenvalue weighted by Crippen LogP contribution is 2.24. The van der Waals surface area contributed by atoms with Gasteiger partial charge in [-0.05, 0) is 29.2 Å². The van der Waals surface area contributed by atoms with Gasteiger partial charge < -0.3 is 5.73 Å². The second-order valence-corrected chi connectivity index (χ2v) is 3.97. The van der Waals surface area contributed by atoms with Crippen LogP contribution >= 0.6 is 23.1 Å². The Morgan fingerprint density at radius 1 is 1.36 bits per heavy atom. The summed E-state index contributed by atoms with van der Waals surface area (Å²) >= 11 is 7.47. The van der Waals surface area contributed by atoms with E-state index in [1.165, 1.54) is 11.5 Å². The molecular weight excluding hydrogens is 216 g/mol. The number of hydrogen-bond donors (Lipinski definition) is 1. The maximum absolute atomic E-state index is 6.04. The lowest BCUT2D eigenvalue weighted by Crippen LogP contribution is -1.96.